The van der Waals surface area contributed by atoms with E-state index in [1.165, 1.54) is 31.2 Å². The first-order chi connectivity index (χ1) is 7.79. The molecule has 1 aromatic rings. The van der Waals surface area contributed by atoms with Gasteiger partial charge in [-0.15, -0.1) is 0 Å². The van der Waals surface area contributed by atoms with Gasteiger partial charge in [-0.25, -0.2) is 4.39 Å². The lowest BCUT2D eigenvalue weighted by Crippen LogP contribution is -2.28. The molecule has 0 bridgehead atoms. The van der Waals surface area contributed by atoms with E-state index in [0.717, 1.165) is 13.0 Å². The van der Waals surface area contributed by atoms with Crippen molar-refractivity contribution in [1.29, 1.82) is 0 Å². The van der Waals surface area contributed by atoms with Crippen molar-refractivity contribution in [1.82, 2.24) is 0 Å². The summed E-state index contributed by atoms with van der Waals surface area (Å²) in [4.78, 5) is 0. The van der Waals surface area contributed by atoms with Crippen molar-refractivity contribution in [2.75, 3.05) is 6.54 Å². The maximum Gasteiger partial charge on any atom is 0.123 e. The van der Waals surface area contributed by atoms with Crippen LogP contribution in [0, 0.1) is 17.7 Å². The van der Waals surface area contributed by atoms with Crippen molar-refractivity contribution in [3.63, 3.8) is 0 Å². The van der Waals surface area contributed by atoms with Crippen LogP contribution in [0.1, 0.15) is 31.2 Å². The normalized spacial score (nSPS) is 25.6. The molecule has 1 nitrogen and oxygen atoms in total. The van der Waals surface area contributed by atoms with Crippen molar-refractivity contribution in [2.24, 2.45) is 17.6 Å². The summed E-state index contributed by atoms with van der Waals surface area (Å²) >= 11 is 0. The molecule has 0 aliphatic heterocycles. The van der Waals surface area contributed by atoms with Gasteiger partial charge in [0.15, 0.2) is 0 Å². The van der Waals surface area contributed by atoms with Crippen molar-refractivity contribution < 1.29 is 4.39 Å². The number of nitrogens with two attached hydrogens (primary N) is 1. The predicted octanol–water partition coefficient (Wildman–Crippen LogP) is 3.13. The van der Waals surface area contributed by atoms with E-state index in [9.17, 15) is 4.39 Å². The van der Waals surface area contributed by atoms with Gasteiger partial charge in [0.2, 0.25) is 0 Å². The van der Waals surface area contributed by atoms with Gasteiger partial charge in [-0.1, -0.05) is 25.0 Å². The molecule has 88 valence electrons. The fourth-order valence-corrected chi connectivity index (χ4v) is 2.79. The highest BCUT2D eigenvalue weighted by atomic mass is 19.1. The summed E-state index contributed by atoms with van der Waals surface area (Å²) in [6.45, 7) is 0.797. The van der Waals surface area contributed by atoms with Crippen LogP contribution >= 0.6 is 0 Å². The molecule has 0 spiro atoms. The summed E-state index contributed by atoms with van der Waals surface area (Å²) in [6.07, 6.45) is 6.24. The second kappa shape index (κ2) is 5.44. The zero-order chi connectivity index (χ0) is 11.4. The second-order valence-corrected chi connectivity index (χ2v) is 4.87. The van der Waals surface area contributed by atoms with Gasteiger partial charge < -0.3 is 5.73 Å². The highest BCUT2D eigenvalue weighted by Crippen LogP contribution is 2.31. The SMILES string of the molecule is NCC1CCCCC1Cc1ccc(F)cc1. The van der Waals surface area contributed by atoms with E-state index < -0.39 is 0 Å². The van der Waals surface area contributed by atoms with Crippen LogP contribution in [0.4, 0.5) is 4.39 Å². The van der Waals surface area contributed by atoms with Crippen LogP contribution in [-0.4, -0.2) is 6.54 Å². The van der Waals surface area contributed by atoms with Crippen LogP contribution in [0.25, 0.3) is 0 Å². The van der Waals surface area contributed by atoms with Gasteiger partial charge in [0, 0.05) is 0 Å². The molecular weight excluding hydrogens is 201 g/mol. The molecule has 1 aliphatic rings. The lowest BCUT2D eigenvalue weighted by Gasteiger charge is -2.30. The zero-order valence-electron chi connectivity index (χ0n) is 9.66. The van der Waals surface area contributed by atoms with Gasteiger partial charge in [-0.05, 0) is 55.3 Å². The minimum absolute atomic E-state index is 0.150. The number of hydrogen-bond acceptors (Lipinski definition) is 1. The van der Waals surface area contributed by atoms with Crippen molar-refractivity contribution in [3.05, 3.63) is 35.6 Å². The van der Waals surface area contributed by atoms with Gasteiger partial charge in [0.05, 0.1) is 0 Å². The molecular formula is C14H20FN. The molecule has 2 heteroatoms. The molecule has 1 aliphatic carbocycles. The number of hydrogen-bond donors (Lipinski definition) is 1. The Morgan fingerprint density at radius 3 is 2.31 bits per heavy atom. The molecule has 0 amide bonds. The third kappa shape index (κ3) is 2.82. The second-order valence-electron chi connectivity index (χ2n) is 4.87. The first kappa shape index (κ1) is 11.6. The van der Waals surface area contributed by atoms with Gasteiger partial charge in [-0.3, -0.25) is 0 Å². The van der Waals surface area contributed by atoms with Gasteiger partial charge >= 0.3 is 0 Å². The Bertz CT molecular complexity index is 320. The van der Waals surface area contributed by atoms with E-state index in [4.69, 9.17) is 5.73 Å². The molecule has 1 aromatic carbocycles. The minimum Gasteiger partial charge on any atom is -0.330 e. The Labute approximate surface area is 96.9 Å². The molecule has 1 fully saturated rings. The molecule has 2 unspecified atom stereocenters. The lowest BCUT2D eigenvalue weighted by molar-refractivity contribution is 0.242. The number of rotatable bonds is 3. The molecule has 2 rings (SSSR count). The number of halogens is 1. The molecule has 2 N–H and O–H groups in total. The molecule has 0 aromatic heterocycles. The summed E-state index contributed by atoms with van der Waals surface area (Å²) in [5, 5.41) is 0. The average Bonchev–Trinajstić information content (AvgIpc) is 2.33. The molecule has 16 heavy (non-hydrogen) atoms. The van der Waals surface area contributed by atoms with Crippen LogP contribution in [0.3, 0.4) is 0 Å². The summed E-state index contributed by atoms with van der Waals surface area (Å²) in [5.41, 5.74) is 7.05. The summed E-state index contributed by atoms with van der Waals surface area (Å²) < 4.78 is 12.8. The Morgan fingerprint density at radius 2 is 1.69 bits per heavy atom. The van der Waals surface area contributed by atoms with E-state index in [2.05, 4.69) is 0 Å². The zero-order valence-corrected chi connectivity index (χ0v) is 9.66. The summed E-state index contributed by atoms with van der Waals surface area (Å²) in [5.74, 6) is 1.21. The summed E-state index contributed by atoms with van der Waals surface area (Å²) in [6, 6.07) is 6.90. The Morgan fingerprint density at radius 1 is 1.06 bits per heavy atom. The third-order valence-corrected chi connectivity index (χ3v) is 3.78. The van der Waals surface area contributed by atoms with Gasteiger partial charge in [-0.2, -0.15) is 0 Å². The Balaban J connectivity index is 1.99. The fourth-order valence-electron chi connectivity index (χ4n) is 2.79. The predicted molar refractivity (Wildman–Crippen MR) is 64.6 cm³/mol. The number of benzene rings is 1. The van der Waals surface area contributed by atoms with Gasteiger partial charge in [0.1, 0.15) is 5.82 Å². The molecule has 0 saturated heterocycles. The smallest absolute Gasteiger partial charge is 0.123 e. The van der Waals surface area contributed by atoms with Crippen molar-refractivity contribution in [2.45, 2.75) is 32.1 Å². The molecule has 2 atom stereocenters. The van der Waals surface area contributed by atoms with Crippen molar-refractivity contribution >= 4 is 0 Å². The largest absolute Gasteiger partial charge is 0.330 e. The standard InChI is InChI=1S/C14H20FN/c15-14-7-5-11(6-8-14)9-12-3-1-2-4-13(12)10-16/h5-8,12-13H,1-4,9-10,16H2. The van der Waals surface area contributed by atoms with Crippen LogP contribution < -0.4 is 5.73 Å². The first-order valence-electron chi connectivity index (χ1n) is 6.24. The highest BCUT2D eigenvalue weighted by Gasteiger charge is 2.23. The van der Waals surface area contributed by atoms with Gasteiger partial charge in [0.25, 0.3) is 0 Å². The fraction of sp³-hybridized carbons (Fsp3) is 0.571. The van der Waals surface area contributed by atoms with Crippen LogP contribution in [-0.2, 0) is 6.42 Å². The third-order valence-electron chi connectivity index (χ3n) is 3.78. The maximum absolute atomic E-state index is 12.8. The minimum atomic E-state index is -0.150. The molecule has 0 heterocycles. The van der Waals surface area contributed by atoms with Crippen LogP contribution in [0.5, 0.6) is 0 Å². The Kier molecular flexibility index (Phi) is 3.94. The monoisotopic (exact) mass is 221 g/mol. The summed E-state index contributed by atoms with van der Waals surface area (Å²) in [7, 11) is 0. The Hall–Kier alpha value is -0.890. The quantitative estimate of drug-likeness (QED) is 0.833. The van der Waals surface area contributed by atoms with E-state index in [1.807, 2.05) is 12.1 Å². The highest BCUT2D eigenvalue weighted by molar-refractivity contribution is 5.16. The maximum atomic E-state index is 12.8. The van der Waals surface area contributed by atoms with E-state index in [0.29, 0.717) is 11.8 Å². The van der Waals surface area contributed by atoms with E-state index in [-0.39, 0.29) is 5.82 Å². The van der Waals surface area contributed by atoms with Crippen LogP contribution in [0.15, 0.2) is 24.3 Å². The van der Waals surface area contributed by atoms with Crippen LogP contribution in [0.2, 0.25) is 0 Å². The van der Waals surface area contributed by atoms with E-state index in [1.54, 1.807) is 12.1 Å². The van der Waals surface area contributed by atoms with Crippen molar-refractivity contribution in [3.8, 4) is 0 Å². The molecule has 1 saturated carbocycles. The average molecular weight is 221 g/mol. The van der Waals surface area contributed by atoms with E-state index >= 15 is 0 Å². The lowest BCUT2D eigenvalue weighted by atomic mass is 9.76. The first-order valence-corrected chi connectivity index (χ1v) is 6.24. The topological polar surface area (TPSA) is 26.0 Å². The molecule has 0 radical (unpaired) electrons.